The van der Waals surface area contributed by atoms with Gasteiger partial charge in [-0.05, 0) is 142 Å². The maximum absolute atomic E-state index is 2.55. The molecule has 12 rings (SSSR count). The second kappa shape index (κ2) is 15.8. The van der Waals surface area contributed by atoms with Crippen LogP contribution in [0.5, 0.6) is 0 Å². The molecule has 1 aliphatic rings. The lowest BCUT2D eigenvalue weighted by Gasteiger charge is -2.26. The lowest BCUT2D eigenvalue weighted by molar-refractivity contribution is 0.667. The largest absolute Gasteiger partial charge is 0.313 e. The lowest BCUT2D eigenvalue weighted by Crippen LogP contribution is -2.09. The molecule has 11 aromatic rings. The van der Waals surface area contributed by atoms with Crippen LogP contribution in [0.2, 0.25) is 0 Å². The zero-order chi connectivity index (χ0) is 41.7. The van der Waals surface area contributed by atoms with Crippen LogP contribution in [0, 0.1) is 0 Å². The van der Waals surface area contributed by atoms with Crippen molar-refractivity contribution in [3.8, 4) is 50.2 Å². The van der Waals surface area contributed by atoms with Crippen LogP contribution in [0.3, 0.4) is 0 Å². The summed E-state index contributed by atoms with van der Waals surface area (Å²) >= 11 is 1.91. The van der Waals surface area contributed by atoms with E-state index in [0.29, 0.717) is 0 Å². The van der Waals surface area contributed by atoms with Crippen LogP contribution in [-0.4, -0.2) is 4.57 Å². The van der Waals surface area contributed by atoms with Gasteiger partial charge in [0.15, 0.2) is 0 Å². The first-order valence-electron chi connectivity index (χ1n) is 22.1. The topological polar surface area (TPSA) is 8.17 Å². The Hall–Kier alpha value is -7.46. The molecule has 0 atom stereocenters. The monoisotopic (exact) mass is 824 g/mol. The predicted molar refractivity (Wildman–Crippen MR) is 269 cm³/mol. The van der Waals surface area contributed by atoms with Gasteiger partial charge in [-0.15, -0.1) is 11.3 Å². The summed E-state index contributed by atoms with van der Waals surface area (Å²) in [5, 5.41) is 4.09. The van der Waals surface area contributed by atoms with Gasteiger partial charge in [0.05, 0.1) is 5.52 Å². The molecule has 0 saturated carbocycles. The zero-order valence-corrected chi connectivity index (χ0v) is 35.7. The number of hydrogen-bond donors (Lipinski definition) is 0. The van der Waals surface area contributed by atoms with Gasteiger partial charge in [-0.25, -0.2) is 0 Å². The van der Waals surface area contributed by atoms with E-state index in [9.17, 15) is 0 Å². The quantitative estimate of drug-likeness (QED) is 0.148. The van der Waals surface area contributed by atoms with E-state index in [2.05, 4.69) is 228 Å². The Morgan fingerprint density at radius 2 is 0.873 bits per heavy atom. The average molecular weight is 825 g/mol. The molecule has 0 amide bonds. The molecule has 0 bridgehead atoms. The molecule has 300 valence electrons. The highest BCUT2D eigenvalue weighted by molar-refractivity contribution is 7.26. The molecule has 1 aliphatic carbocycles. The molecule has 9 aromatic carbocycles. The number of rotatable bonds is 8. The van der Waals surface area contributed by atoms with Crippen LogP contribution in [0.15, 0.2) is 218 Å². The minimum absolute atomic E-state index is 1.11. The van der Waals surface area contributed by atoms with E-state index in [4.69, 9.17) is 0 Å². The van der Waals surface area contributed by atoms with Crippen LogP contribution in [0.25, 0.3) is 81.3 Å². The van der Waals surface area contributed by atoms with Crippen LogP contribution < -0.4 is 4.90 Å². The van der Waals surface area contributed by atoms with Crippen molar-refractivity contribution in [2.45, 2.75) is 25.7 Å². The lowest BCUT2D eigenvalue weighted by atomic mass is 9.94. The minimum atomic E-state index is 1.11. The van der Waals surface area contributed by atoms with Crippen LogP contribution in [0.4, 0.5) is 17.1 Å². The summed E-state index contributed by atoms with van der Waals surface area (Å²) in [5.74, 6) is 0. The molecule has 0 spiro atoms. The molecular weight excluding hydrogens is 781 g/mol. The first-order valence-corrected chi connectivity index (χ1v) is 22.9. The number of hydrogen-bond acceptors (Lipinski definition) is 2. The van der Waals surface area contributed by atoms with E-state index in [-0.39, 0.29) is 0 Å². The molecule has 0 N–H and O–H groups in total. The second-order valence-electron chi connectivity index (χ2n) is 16.7. The first-order chi connectivity index (χ1) is 31.2. The Bertz CT molecular complexity index is 3310. The van der Waals surface area contributed by atoms with Crippen LogP contribution >= 0.6 is 11.3 Å². The molecule has 0 unspecified atom stereocenters. The van der Waals surface area contributed by atoms with Gasteiger partial charge in [-0.3, -0.25) is 0 Å². The number of benzene rings is 9. The van der Waals surface area contributed by atoms with Gasteiger partial charge in [0.2, 0.25) is 0 Å². The third kappa shape index (κ3) is 6.73. The molecule has 3 heteroatoms. The third-order valence-electron chi connectivity index (χ3n) is 13.0. The summed E-state index contributed by atoms with van der Waals surface area (Å²) in [4.78, 5) is 2.35. The fraction of sp³-hybridized carbons (Fsp3) is 0.0667. The summed E-state index contributed by atoms with van der Waals surface area (Å²) in [6.07, 6.45) is 4.71. The summed E-state index contributed by atoms with van der Waals surface area (Å²) < 4.78 is 5.27. The van der Waals surface area contributed by atoms with E-state index in [1.807, 2.05) is 11.3 Å². The summed E-state index contributed by atoms with van der Waals surface area (Å²) in [5.41, 5.74) is 18.8. The molecule has 2 heterocycles. The first kappa shape index (κ1) is 37.3. The summed E-state index contributed by atoms with van der Waals surface area (Å²) in [6, 6.07) is 80.1. The number of aryl methyl sites for hydroxylation is 1. The maximum Gasteiger partial charge on any atom is 0.0534 e. The Balaban J connectivity index is 0.870. The van der Waals surface area contributed by atoms with Gasteiger partial charge in [0.1, 0.15) is 0 Å². The van der Waals surface area contributed by atoms with Gasteiger partial charge in [-0.1, -0.05) is 152 Å². The third-order valence-corrected chi connectivity index (χ3v) is 14.3. The Kier molecular flexibility index (Phi) is 9.35. The fourth-order valence-corrected chi connectivity index (χ4v) is 11.1. The van der Waals surface area contributed by atoms with E-state index < -0.39 is 0 Å². The molecule has 0 saturated heterocycles. The number of nitrogens with zero attached hydrogens (tertiary/aromatic N) is 2. The molecule has 2 nitrogen and oxygen atoms in total. The number of fused-ring (bicyclic) bond motifs is 6. The van der Waals surface area contributed by atoms with Gasteiger partial charge < -0.3 is 9.47 Å². The van der Waals surface area contributed by atoms with Crippen molar-refractivity contribution >= 4 is 59.5 Å². The Morgan fingerprint density at radius 3 is 1.48 bits per heavy atom. The standard InChI is InChI=1S/C60H44N2S/c1-3-12-41(13-4-1)43-22-31-48(32-23-43)61(49-33-24-44(25-34-49)42-14-5-2-6-15-42)50-35-26-45(27-36-50)46-28-37-51(38-29-46)62-57-20-9-7-16-53(57)56-40-47(30-39-58(56)62)52-18-11-19-55-54-17-8-10-21-59(54)63-60(52)55/h1-6,8,10-15,17-19,21-40H,7,9,16,20H2. The summed E-state index contributed by atoms with van der Waals surface area (Å²) in [6.45, 7) is 0. The van der Waals surface area contributed by atoms with Gasteiger partial charge in [0.25, 0.3) is 0 Å². The zero-order valence-electron chi connectivity index (χ0n) is 34.9. The smallest absolute Gasteiger partial charge is 0.0534 e. The molecular formula is C60H44N2S. The van der Waals surface area contributed by atoms with Gasteiger partial charge >= 0.3 is 0 Å². The normalized spacial score (nSPS) is 12.5. The van der Waals surface area contributed by atoms with Crippen molar-refractivity contribution in [2.75, 3.05) is 4.90 Å². The number of aromatic nitrogens is 1. The van der Waals surface area contributed by atoms with Gasteiger partial charge in [0, 0.05) is 54.0 Å². The molecule has 63 heavy (non-hydrogen) atoms. The number of anilines is 3. The summed E-state index contributed by atoms with van der Waals surface area (Å²) in [7, 11) is 0. The minimum Gasteiger partial charge on any atom is -0.313 e. The van der Waals surface area contributed by atoms with Crippen LogP contribution in [0.1, 0.15) is 24.1 Å². The van der Waals surface area contributed by atoms with Crippen molar-refractivity contribution in [1.29, 1.82) is 0 Å². The van der Waals surface area contributed by atoms with Gasteiger partial charge in [-0.2, -0.15) is 0 Å². The molecule has 0 radical (unpaired) electrons. The van der Waals surface area contributed by atoms with Crippen molar-refractivity contribution < 1.29 is 0 Å². The van der Waals surface area contributed by atoms with E-state index >= 15 is 0 Å². The van der Waals surface area contributed by atoms with Crippen molar-refractivity contribution in [1.82, 2.24) is 4.57 Å². The Morgan fingerprint density at radius 1 is 0.381 bits per heavy atom. The highest BCUT2D eigenvalue weighted by Gasteiger charge is 2.22. The highest BCUT2D eigenvalue weighted by atomic mass is 32.1. The van der Waals surface area contributed by atoms with Crippen LogP contribution in [-0.2, 0) is 12.8 Å². The van der Waals surface area contributed by atoms with E-state index in [1.165, 1.54) is 105 Å². The van der Waals surface area contributed by atoms with E-state index in [0.717, 1.165) is 29.9 Å². The second-order valence-corrected chi connectivity index (χ2v) is 17.8. The fourth-order valence-electron chi connectivity index (χ4n) is 9.90. The molecule has 2 aromatic heterocycles. The molecule has 0 aliphatic heterocycles. The Labute approximate surface area is 372 Å². The predicted octanol–water partition coefficient (Wildman–Crippen LogP) is 17.0. The maximum atomic E-state index is 2.55. The molecule has 0 fully saturated rings. The van der Waals surface area contributed by atoms with Crippen molar-refractivity contribution in [3.05, 3.63) is 230 Å². The average Bonchev–Trinajstić information content (AvgIpc) is 3.91. The number of thiophene rings is 1. The van der Waals surface area contributed by atoms with Crippen molar-refractivity contribution in [2.24, 2.45) is 0 Å². The van der Waals surface area contributed by atoms with E-state index in [1.54, 1.807) is 0 Å². The SMILES string of the molecule is c1ccc(-c2ccc(N(c3ccc(-c4ccccc4)cc3)c3ccc(-c4ccc(-n5c6c(c7cc(-c8cccc9c8sc8ccccc89)ccc75)CCCC6)cc4)cc3)cc2)cc1. The highest BCUT2D eigenvalue weighted by Crippen LogP contribution is 2.43. The van der Waals surface area contributed by atoms with Crippen molar-refractivity contribution in [3.63, 3.8) is 0 Å².